The standard InChI is InChI=1S/C23H30N2O3S/c1-17(2)21-12-6-7-13-22(21)24-23(26)19-11-8-14-25(15-19)29(27,28)16-20-10-5-4-9-18(20)3/h4-7,9-10,12-13,17,19H,8,11,14-16H2,1-3H3,(H,24,26). The Morgan fingerprint density at radius 3 is 2.55 bits per heavy atom. The van der Waals surface area contributed by atoms with Crippen molar-refractivity contribution in [2.75, 3.05) is 18.4 Å². The van der Waals surface area contributed by atoms with E-state index in [1.165, 1.54) is 4.31 Å². The van der Waals surface area contributed by atoms with Crippen molar-refractivity contribution >= 4 is 21.6 Å². The van der Waals surface area contributed by atoms with E-state index in [0.717, 1.165) is 22.4 Å². The number of nitrogens with one attached hydrogen (secondary N) is 1. The van der Waals surface area contributed by atoms with Crippen molar-refractivity contribution in [1.82, 2.24) is 4.31 Å². The number of para-hydroxylation sites is 1. The zero-order chi connectivity index (χ0) is 21.0. The van der Waals surface area contributed by atoms with Gasteiger partial charge in [-0.1, -0.05) is 56.3 Å². The second-order valence-corrected chi connectivity index (χ2v) is 10.1. The van der Waals surface area contributed by atoms with Crippen LogP contribution in [0.4, 0.5) is 5.69 Å². The van der Waals surface area contributed by atoms with Crippen molar-refractivity contribution in [2.24, 2.45) is 5.92 Å². The second kappa shape index (κ2) is 9.09. The van der Waals surface area contributed by atoms with E-state index < -0.39 is 10.0 Å². The van der Waals surface area contributed by atoms with E-state index in [0.29, 0.717) is 25.3 Å². The first-order valence-corrected chi connectivity index (χ1v) is 11.8. The van der Waals surface area contributed by atoms with Gasteiger partial charge in [0.1, 0.15) is 0 Å². The fraction of sp³-hybridized carbons (Fsp3) is 0.435. The van der Waals surface area contributed by atoms with Crippen LogP contribution in [0.3, 0.4) is 0 Å². The predicted octanol–water partition coefficient (Wildman–Crippen LogP) is 4.30. The Hall–Kier alpha value is -2.18. The van der Waals surface area contributed by atoms with E-state index in [4.69, 9.17) is 0 Å². The molecule has 0 bridgehead atoms. The molecule has 0 radical (unpaired) electrons. The molecule has 1 unspecified atom stereocenters. The summed E-state index contributed by atoms with van der Waals surface area (Å²) < 4.78 is 27.4. The number of hydrogen-bond donors (Lipinski definition) is 1. The maximum atomic E-state index is 13.0. The maximum absolute atomic E-state index is 13.0. The molecule has 1 fully saturated rings. The highest BCUT2D eigenvalue weighted by atomic mass is 32.2. The summed E-state index contributed by atoms with van der Waals surface area (Å²) in [5, 5.41) is 3.03. The van der Waals surface area contributed by atoms with Gasteiger partial charge in [-0.2, -0.15) is 0 Å². The Labute approximate surface area is 174 Å². The van der Waals surface area contributed by atoms with Crippen molar-refractivity contribution in [2.45, 2.75) is 45.3 Å². The summed E-state index contributed by atoms with van der Waals surface area (Å²) in [6, 6.07) is 15.3. The summed E-state index contributed by atoms with van der Waals surface area (Å²) >= 11 is 0. The molecule has 2 aromatic rings. The van der Waals surface area contributed by atoms with E-state index in [-0.39, 0.29) is 24.1 Å². The average molecular weight is 415 g/mol. The van der Waals surface area contributed by atoms with E-state index in [1.54, 1.807) is 0 Å². The SMILES string of the molecule is Cc1ccccc1CS(=O)(=O)N1CCCC(C(=O)Nc2ccccc2C(C)C)C1. The first kappa shape index (κ1) is 21.5. The Morgan fingerprint density at radius 1 is 1.14 bits per heavy atom. The molecule has 1 aliphatic heterocycles. The fourth-order valence-corrected chi connectivity index (χ4v) is 5.53. The number of anilines is 1. The predicted molar refractivity (Wildman–Crippen MR) is 117 cm³/mol. The normalized spacial score (nSPS) is 18.0. The van der Waals surface area contributed by atoms with Crippen molar-refractivity contribution in [3.63, 3.8) is 0 Å². The third kappa shape index (κ3) is 5.25. The maximum Gasteiger partial charge on any atom is 0.228 e. The molecule has 0 aromatic heterocycles. The third-order valence-electron chi connectivity index (χ3n) is 5.59. The van der Waals surface area contributed by atoms with E-state index in [9.17, 15) is 13.2 Å². The smallest absolute Gasteiger partial charge is 0.228 e. The second-order valence-electron chi connectivity index (χ2n) is 8.11. The van der Waals surface area contributed by atoms with Crippen LogP contribution in [-0.4, -0.2) is 31.7 Å². The summed E-state index contributed by atoms with van der Waals surface area (Å²) in [5.41, 5.74) is 3.67. The highest BCUT2D eigenvalue weighted by Gasteiger charge is 2.32. The van der Waals surface area contributed by atoms with Gasteiger partial charge in [0, 0.05) is 18.8 Å². The molecule has 29 heavy (non-hydrogen) atoms. The van der Waals surface area contributed by atoms with Gasteiger partial charge in [-0.3, -0.25) is 4.79 Å². The molecular weight excluding hydrogens is 384 g/mol. The number of carbonyl (C=O) groups excluding carboxylic acids is 1. The van der Waals surface area contributed by atoms with Crippen molar-refractivity contribution in [1.29, 1.82) is 0 Å². The Bertz CT molecular complexity index is 970. The topological polar surface area (TPSA) is 66.5 Å². The van der Waals surface area contributed by atoms with E-state index in [1.807, 2.05) is 55.5 Å². The van der Waals surface area contributed by atoms with Crippen LogP contribution in [0.15, 0.2) is 48.5 Å². The summed E-state index contributed by atoms with van der Waals surface area (Å²) in [5.74, 6) is -0.169. The molecule has 156 valence electrons. The third-order valence-corrected chi connectivity index (χ3v) is 7.38. The van der Waals surface area contributed by atoms with Crippen LogP contribution in [-0.2, 0) is 20.6 Å². The lowest BCUT2D eigenvalue weighted by Crippen LogP contribution is -2.44. The Morgan fingerprint density at radius 2 is 1.83 bits per heavy atom. The highest BCUT2D eigenvalue weighted by molar-refractivity contribution is 7.88. The number of hydrogen-bond acceptors (Lipinski definition) is 3. The number of nitrogens with zero attached hydrogens (tertiary/aromatic N) is 1. The lowest BCUT2D eigenvalue weighted by molar-refractivity contribution is -0.120. The first-order chi connectivity index (χ1) is 13.8. The van der Waals surface area contributed by atoms with Crippen LogP contribution in [0.5, 0.6) is 0 Å². The number of piperidine rings is 1. The summed E-state index contributed by atoms with van der Waals surface area (Å²) in [4.78, 5) is 12.9. The van der Waals surface area contributed by atoms with Crippen LogP contribution < -0.4 is 5.32 Å². The van der Waals surface area contributed by atoms with Crippen LogP contribution in [0.25, 0.3) is 0 Å². The average Bonchev–Trinajstić information content (AvgIpc) is 2.70. The van der Waals surface area contributed by atoms with Crippen LogP contribution in [0.1, 0.15) is 49.3 Å². The molecule has 5 nitrogen and oxygen atoms in total. The van der Waals surface area contributed by atoms with Gasteiger partial charge in [0.05, 0.1) is 11.7 Å². The van der Waals surface area contributed by atoms with Gasteiger partial charge in [0.2, 0.25) is 15.9 Å². The number of amides is 1. The minimum absolute atomic E-state index is 0.0236. The molecule has 2 aromatic carbocycles. The Kier molecular flexibility index (Phi) is 6.75. The van der Waals surface area contributed by atoms with Gasteiger partial charge in [-0.05, 0) is 48.4 Å². The zero-order valence-electron chi connectivity index (χ0n) is 17.4. The van der Waals surface area contributed by atoms with Gasteiger partial charge in [-0.25, -0.2) is 12.7 Å². The molecule has 0 saturated carbocycles. The highest BCUT2D eigenvalue weighted by Crippen LogP contribution is 2.27. The quantitative estimate of drug-likeness (QED) is 0.766. The van der Waals surface area contributed by atoms with Gasteiger partial charge in [-0.15, -0.1) is 0 Å². The van der Waals surface area contributed by atoms with Crippen molar-refractivity contribution in [3.05, 3.63) is 65.2 Å². The number of sulfonamides is 1. The van der Waals surface area contributed by atoms with E-state index >= 15 is 0 Å². The largest absolute Gasteiger partial charge is 0.326 e. The van der Waals surface area contributed by atoms with Gasteiger partial charge < -0.3 is 5.32 Å². The summed E-state index contributed by atoms with van der Waals surface area (Å²) in [7, 11) is -3.47. The van der Waals surface area contributed by atoms with Gasteiger partial charge >= 0.3 is 0 Å². The van der Waals surface area contributed by atoms with Crippen molar-refractivity contribution < 1.29 is 13.2 Å². The molecule has 0 spiro atoms. The number of carbonyl (C=O) groups is 1. The van der Waals surface area contributed by atoms with Gasteiger partial charge in [0.15, 0.2) is 0 Å². The fourth-order valence-electron chi connectivity index (χ4n) is 3.82. The zero-order valence-corrected chi connectivity index (χ0v) is 18.2. The molecule has 1 atom stereocenters. The van der Waals surface area contributed by atoms with E-state index in [2.05, 4.69) is 19.2 Å². The molecule has 6 heteroatoms. The number of benzene rings is 2. The lowest BCUT2D eigenvalue weighted by atomic mass is 9.97. The summed E-state index contributed by atoms with van der Waals surface area (Å²) in [6.07, 6.45) is 1.39. The number of rotatable bonds is 6. The lowest BCUT2D eigenvalue weighted by Gasteiger charge is -2.31. The molecule has 1 saturated heterocycles. The molecule has 3 rings (SSSR count). The summed E-state index contributed by atoms with van der Waals surface area (Å²) in [6.45, 7) is 6.81. The molecule has 1 N–H and O–H groups in total. The monoisotopic (exact) mass is 414 g/mol. The molecular formula is C23H30N2O3S. The van der Waals surface area contributed by atoms with Crippen LogP contribution >= 0.6 is 0 Å². The minimum atomic E-state index is -3.47. The number of aryl methyl sites for hydroxylation is 1. The molecule has 1 aliphatic rings. The van der Waals surface area contributed by atoms with Crippen LogP contribution in [0, 0.1) is 12.8 Å². The van der Waals surface area contributed by atoms with Gasteiger partial charge in [0.25, 0.3) is 0 Å². The van der Waals surface area contributed by atoms with Crippen LogP contribution in [0.2, 0.25) is 0 Å². The molecule has 1 heterocycles. The molecule has 1 amide bonds. The van der Waals surface area contributed by atoms with Crippen molar-refractivity contribution in [3.8, 4) is 0 Å². The Balaban J connectivity index is 1.70. The minimum Gasteiger partial charge on any atom is -0.326 e. The molecule has 0 aliphatic carbocycles. The first-order valence-electron chi connectivity index (χ1n) is 10.2.